The average molecular weight is 274 g/mol. The second kappa shape index (κ2) is 5.02. The maximum absolute atomic E-state index is 14.5. The van der Waals surface area contributed by atoms with Crippen LogP contribution in [0.3, 0.4) is 0 Å². The van der Waals surface area contributed by atoms with E-state index in [0.29, 0.717) is 35.7 Å². The van der Waals surface area contributed by atoms with E-state index in [1.807, 2.05) is 19.1 Å². The fourth-order valence-electron chi connectivity index (χ4n) is 2.74. The number of H-pyrrole nitrogens is 1. The van der Waals surface area contributed by atoms with Crippen LogP contribution < -0.4 is 5.56 Å². The largest absolute Gasteiger partial charge is 0.319 e. The fraction of sp³-hybridized carbons (Fsp3) is 0.438. The maximum atomic E-state index is 14.5. The Balaban J connectivity index is 2.03. The molecule has 0 aliphatic carbocycles. The van der Waals surface area contributed by atoms with Gasteiger partial charge >= 0.3 is 0 Å². The lowest BCUT2D eigenvalue weighted by atomic mass is 10.0. The van der Waals surface area contributed by atoms with Gasteiger partial charge in [0.05, 0.1) is 5.52 Å². The first kappa shape index (κ1) is 13.3. The minimum absolute atomic E-state index is 0.187. The van der Waals surface area contributed by atoms with Gasteiger partial charge in [0.1, 0.15) is 0 Å². The van der Waals surface area contributed by atoms with E-state index in [-0.39, 0.29) is 11.4 Å². The summed E-state index contributed by atoms with van der Waals surface area (Å²) in [5.41, 5.74) is 1.50. The van der Waals surface area contributed by atoms with Crippen LogP contribution in [-0.4, -0.2) is 22.5 Å². The van der Waals surface area contributed by atoms with Crippen molar-refractivity contribution >= 4 is 10.9 Å². The van der Waals surface area contributed by atoms with E-state index < -0.39 is 0 Å². The lowest BCUT2D eigenvalue weighted by Gasteiger charge is -2.38. The molecular formula is C16H19FN2O. The zero-order valence-electron chi connectivity index (χ0n) is 11.9. The summed E-state index contributed by atoms with van der Waals surface area (Å²) in [5.74, 6) is -0.290. The number of rotatable bonds is 3. The second-order valence-corrected chi connectivity index (χ2v) is 5.59. The number of fused-ring (bicyclic) bond motifs is 1. The Hall–Kier alpha value is -1.68. The lowest BCUT2D eigenvalue weighted by molar-refractivity contribution is 0.0946. The Morgan fingerprint density at radius 2 is 2.20 bits per heavy atom. The normalized spacial score (nSPS) is 19.2. The number of benzene rings is 1. The molecule has 1 atom stereocenters. The topological polar surface area (TPSA) is 36.1 Å². The molecular weight excluding hydrogens is 255 g/mol. The van der Waals surface area contributed by atoms with Gasteiger partial charge in [0, 0.05) is 35.6 Å². The third-order valence-electron chi connectivity index (χ3n) is 4.33. The van der Waals surface area contributed by atoms with Crippen molar-refractivity contribution in [3.63, 3.8) is 0 Å². The highest BCUT2D eigenvalue weighted by atomic mass is 19.1. The standard InChI is InChI=1S/C16H19FN2O/c1-3-11-8-12-4-5-13(9-19-7-6-10(19)2)14(17)15(12)18-16(11)20/h4-5,8,10H,3,6-7,9H2,1-2H3,(H,18,20). The first-order valence-electron chi connectivity index (χ1n) is 7.17. The molecule has 0 bridgehead atoms. The molecule has 0 radical (unpaired) electrons. The number of hydrogen-bond acceptors (Lipinski definition) is 2. The summed E-state index contributed by atoms with van der Waals surface area (Å²) in [6.45, 7) is 5.70. The molecule has 1 saturated heterocycles. The fourth-order valence-corrected chi connectivity index (χ4v) is 2.74. The Bertz CT molecular complexity index is 707. The Kier molecular flexibility index (Phi) is 3.34. The van der Waals surface area contributed by atoms with Crippen LogP contribution in [-0.2, 0) is 13.0 Å². The van der Waals surface area contributed by atoms with Crippen molar-refractivity contribution in [3.8, 4) is 0 Å². The number of likely N-dealkylation sites (tertiary alicyclic amines) is 1. The minimum atomic E-state index is -0.290. The number of pyridine rings is 1. The van der Waals surface area contributed by atoms with Crippen LogP contribution in [0.1, 0.15) is 31.4 Å². The van der Waals surface area contributed by atoms with Crippen LogP contribution in [0.5, 0.6) is 0 Å². The smallest absolute Gasteiger partial charge is 0.251 e. The monoisotopic (exact) mass is 274 g/mol. The molecule has 106 valence electrons. The molecule has 1 N–H and O–H groups in total. The van der Waals surface area contributed by atoms with E-state index in [4.69, 9.17) is 0 Å². The van der Waals surface area contributed by atoms with Crippen molar-refractivity contribution in [1.29, 1.82) is 0 Å². The number of aromatic amines is 1. The number of hydrogen-bond donors (Lipinski definition) is 1. The molecule has 4 heteroatoms. The Morgan fingerprint density at radius 1 is 1.40 bits per heavy atom. The number of aryl methyl sites for hydroxylation is 1. The molecule has 0 spiro atoms. The molecule has 2 aromatic rings. The number of nitrogens with one attached hydrogen (secondary N) is 1. The average Bonchev–Trinajstić information content (AvgIpc) is 2.45. The number of nitrogens with zero attached hydrogens (tertiary/aromatic N) is 1. The van der Waals surface area contributed by atoms with Gasteiger partial charge in [-0.1, -0.05) is 19.1 Å². The molecule has 3 rings (SSSR count). The highest BCUT2D eigenvalue weighted by Gasteiger charge is 2.24. The third-order valence-corrected chi connectivity index (χ3v) is 4.33. The molecule has 0 amide bonds. The summed E-state index contributed by atoms with van der Waals surface area (Å²) < 4.78 is 14.5. The van der Waals surface area contributed by atoms with E-state index in [1.165, 1.54) is 6.42 Å². The molecule has 0 saturated carbocycles. The van der Waals surface area contributed by atoms with Gasteiger partial charge < -0.3 is 4.98 Å². The molecule has 2 heterocycles. The number of halogens is 1. The second-order valence-electron chi connectivity index (χ2n) is 5.59. The van der Waals surface area contributed by atoms with E-state index >= 15 is 0 Å². The van der Waals surface area contributed by atoms with Crippen LogP contribution in [0.25, 0.3) is 10.9 Å². The van der Waals surface area contributed by atoms with Gasteiger partial charge in [0.2, 0.25) is 0 Å². The SMILES string of the molecule is CCc1cc2ccc(CN3CCC3C)c(F)c2[nH]c1=O. The predicted octanol–water partition coefficient (Wildman–Crippen LogP) is 2.82. The van der Waals surface area contributed by atoms with E-state index in [1.54, 1.807) is 6.07 Å². The predicted molar refractivity (Wildman–Crippen MR) is 78.4 cm³/mol. The van der Waals surface area contributed by atoms with E-state index in [2.05, 4.69) is 16.8 Å². The van der Waals surface area contributed by atoms with Gasteiger partial charge in [-0.3, -0.25) is 9.69 Å². The van der Waals surface area contributed by atoms with Gasteiger partial charge in [0.15, 0.2) is 5.82 Å². The van der Waals surface area contributed by atoms with Crippen LogP contribution >= 0.6 is 0 Å². The summed E-state index contributed by atoms with van der Waals surface area (Å²) in [6.07, 6.45) is 1.83. The Morgan fingerprint density at radius 3 is 2.80 bits per heavy atom. The van der Waals surface area contributed by atoms with Crippen LogP contribution in [0, 0.1) is 5.82 Å². The first-order chi connectivity index (χ1) is 9.60. The molecule has 1 aromatic carbocycles. The van der Waals surface area contributed by atoms with Gasteiger partial charge in [-0.05, 0) is 25.8 Å². The van der Waals surface area contributed by atoms with Crippen LogP contribution in [0.4, 0.5) is 4.39 Å². The summed E-state index contributed by atoms with van der Waals surface area (Å²) in [6, 6.07) is 6.03. The lowest BCUT2D eigenvalue weighted by Crippen LogP contribution is -2.44. The highest BCUT2D eigenvalue weighted by molar-refractivity contribution is 5.80. The molecule has 1 aromatic heterocycles. The highest BCUT2D eigenvalue weighted by Crippen LogP contribution is 2.24. The minimum Gasteiger partial charge on any atom is -0.319 e. The van der Waals surface area contributed by atoms with Crippen molar-refractivity contribution in [2.45, 2.75) is 39.3 Å². The van der Waals surface area contributed by atoms with Gasteiger partial charge in [-0.15, -0.1) is 0 Å². The van der Waals surface area contributed by atoms with Crippen molar-refractivity contribution < 1.29 is 4.39 Å². The summed E-state index contributed by atoms with van der Waals surface area (Å²) >= 11 is 0. The molecule has 3 nitrogen and oxygen atoms in total. The van der Waals surface area contributed by atoms with Crippen molar-refractivity contribution in [2.75, 3.05) is 6.54 Å². The third kappa shape index (κ3) is 2.14. The van der Waals surface area contributed by atoms with Crippen molar-refractivity contribution in [2.24, 2.45) is 0 Å². The van der Waals surface area contributed by atoms with E-state index in [9.17, 15) is 9.18 Å². The zero-order chi connectivity index (χ0) is 14.3. The molecule has 1 aliphatic heterocycles. The Labute approximate surface area is 117 Å². The maximum Gasteiger partial charge on any atom is 0.251 e. The molecule has 1 fully saturated rings. The van der Waals surface area contributed by atoms with Gasteiger partial charge in [-0.2, -0.15) is 0 Å². The summed E-state index contributed by atoms with van der Waals surface area (Å²) in [4.78, 5) is 16.8. The van der Waals surface area contributed by atoms with Crippen LogP contribution in [0.15, 0.2) is 23.0 Å². The first-order valence-corrected chi connectivity index (χ1v) is 7.17. The van der Waals surface area contributed by atoms with Crippen LogP contribution in [0.2, 0.25) is 0 Å². The molecule has 1 aliphatic rings. The van der Waals surface area contributed by atoms with Crippen molar-refractivity contribution in [1.82, 2.24) is 9.88 Å². The molecule has 1 unspecified atom stereocenters. The summed E-state index contributed by atoms with van der Waals surface area (Å²) in [5, 5.41) is 0.763. The molecule has 20 heavy (non-hydrogen) atoms. The quantitative estimate of drug-likeness (QED) is 0.934. The zero-order valence-corrected chi connectivity index (χ0v) is 11.9. The van der Waals surface area contributed by atoms with E-state index in [0.717, 1.165) is 11.9 Å². The van der Waals surface area contributed by atoms with Crippen molar-refractivity contribution in [3.05, 3.63) is 45.5 Å². The van der Waals surface area contributed by atoms with Gasteiger partial charge in [-0.25, -0.2) is 4.39 Å². The number of aromatic nitrogens is 1. The summed E-state index contributed by atoms with van der Waals surface area (Å²) in [7, 11) is 0. The van der Waals surface area contributed by atoms with Gasteiger partial charge in [0.25, 0.3) is 5.56 Å².